The van der Waals surface area contributed by atoms with Gasteiger partial charge >= 0.3 is 0 Å². The number of para-hydroxylation sites is 1. The summed E-state index contributed by atoms with van der Waals surface area (Å²) in [6.45, 7) is 0.832. The predicted molar refractivity (Wildman–Crippen MR) is 49.8 cm³/mol. The van der Waals surface area contributed by atoms with Crippen LogP contribution in [0.4, 0.5) is 5.69 Å². The van der Waals surface area contributed by atoms with Crippen LogP contribution in [0.5, 0.6) is 5.75 Å². The molecular formula is C9H10ClNO. The van der Waals surface area contributed by atoms with E-state index in [0.29, 0.717) is 0 Å². The van der Waals surface area contributed by atoms with Crippen LogP contribution in [0.3, 0.4) is 0 Å². The highest BCUT2D eigenvalue weighted by Gasteiger charge is 2.19. The summed E-state index contributed by atoms with van der Waals surface area (Å²) in [5.41, 5.74) is 1.80. The number of nitrogens with one attached hydrogen (secondary N) is 1. The van der Waals surface area contributed by atoms with E-state index in [4.69, 9.17) is 11.6 Å². The number of phenols is 1. The number of hydrogen-bond donors (Lipinski definition) is 2. The first-order chi connectivity index (χ1) is 5.79. The molecule has 12 heavy (non-hydrogen) atoms. The largest absolute Gasteiger partial charge is 0.506 e. The number of fused-ring (bicyclic) bond motifs is 1. The van der Waals surface area contributed by atoms with Gasteiger partial charge in [-0.3, -0.25) is 0 Å². The summed E-state index contributed by atoms with van der Waals surface area (Å²) >= 11 is 6.07. The maximum Gasteiger partial charge on any atom is 0.139 e. The quantitative estimate of drug-likeness (QED) is 0.479. The fourth-order valence-electron chi connectivity index (χ4n) is 1.49. The van der Waals surface area contributed by atoms with Crippen molar-refractivity contribution in [1.29, 1.82) is 0 Å². The molecule has 2 N–H and O–H groups in total. The van der Waals surface area contributed by atoms with Gasteiger partial charge in [-0.25, -0.2) is 0 Å². The summed E-state index contributed by atoms with van der Waals surface area (Å²) in [6.07, 6.45) is 0.915. The highest BCUT2D eigenvalue weighted by Crippen LogP contribution is 2.39. The van der Waals surface area contributed by atoms with Gasteiger partial charge in [0, 0.05) is 6.54 Å². The van der Waals surface area contributed by atoms with E-state index in [-0.39, 0.29) is 11.1 Å². The number of anilines is 1. The van der Waals surface area contributed by atoms with Gasteiger partial charge in [0.15, 0.2) is 0 Å². The van der Waals surface area contributed by atoms with Gasteiger partial charge in [0.2, 0.25) is 0 Å². The number of rotatable bonds is 0. The molecule has 1 aliphatic rings. The summed E-state index contributed by atoms with van der Waals surface area (Å²) in [5.74, 6) is 0.290. The molecule has 0 aromatic heterocycles. The van der Waals surface area contributed by atoms with Crippen molar-refractivity contribution in [3.63, 3.8) is 0 Å². The fraction of sp³-hybridized carbons (Fsp3) is 0.333. The van der Waals surface area contributed by atoms with Crippen molar-refractivity contribution in [1.82, 2.24) is 0 Å². The summed E-state index contributed by atoms with van der Waals surface area (Å²) in [5, 5.41) is 12.6. The molecule has 0 saturated heterocycles. The first-order valence-electron chi connectivity index (χ1n) is 3.99. The first-order valence-corrected chi connectivity index (χ1v) is 4.42. The fourth-order valence-corrected chi connectivity index (χ4v) is 1.78. The number of hydrogen-bond acceptors (Lipinski definition) is 2. The lowest BCUT2D eigenvalue weighted by Crippen LogP contribution is -2.13. The zero-order chi connectivity index (χ0) is 8.55. The average Bonchev–Trinajstić information content (AvgIpc) is 2.07. The van der Waals surface area contributed by atoms with Crippen LogP contribution in [-0.4, -0.2) is 11.7 Å². The molecule has 0 radical (unpaired) electrons. The number of phenolic OH excluding ortho intramolecular Hbond substituents is 1. The molecule has 0 aliphatic carbocycles. The molecule has 1 heterocycles. The van der Waals surface area contributed by atoms with E-state index in [2.05, 4.69) is 5.32 Å². The molecule has 1 aromatic carbocycles. The van der Waals surface area contributed by atoms with Crippen LogP contribution in [-0.2, 0) is 0 Å². The Hall–Kier alpha value is -0.890. The van der Waals surface area contributed by atoms with Crippen molar-refractivity contribution >= 4 is 17.3 Å². The zero-order valence-corrected chi connectivity index (χ0v) is 7.30. The van der Waals surface area contributed by atoms with E-state index in [9.17, 15) is 5.11 Å². The third-order valence-corrected chi connectivity index (χ3v) is 2.57. The SMILES string of the molecule is Oc1cccc2c1NCCC2Cl. The van der Waals surface area contributed by atoms with Crippen molar-refractivity contribution in [2.75, 3.05) is 11.9 Å². The molecule has 1 unspecified atom stereocenters. The van der Waals surface area contributed by atoms with Crippen molar-refractivity contribution in [2.24, 2.45) is 0 Å². The lowest BCUT2D eigenvalue weighted by Gasteiger charge is -2.22. The van der Waals surface area contributed by atoms with E-state index in [1.54, 1.807) is 6.07 Å². The molecule has 0 fully saturated rings. The minimum absolute atomic E-state index is 0.0355. The molecule has 64 valence electrons. The third-order valence-electron chi connectivity index (χ3n) is 2.11. The van der Waals surface area contributed by atoms with Crippen LogP contribution in [0.15, 0.2) is 18.2 Å². The van der Waals surface area contributed by atoms with Crippen LogP contribution < -0.4 is 5.32 Å². The van der Waals surface area contributed by atoms with Crippen LogP contribution in [0, 0.1) is 0 Å². The monoisotopic (exact) mass is 183 g/mol. The molecule has 2 rings (SSSR count). The molecule has 3 heteroatoms. The van der Waals surface area contributed by atoms with Crippen molar-refractivity contribution < 1.29 is 5.11 Å². The Balaban J connectivity index is 2.52. The van der Waals surface area contributed by atoms with Gasteiger partial charge < -0.3 is 10.4 Å². The highest BCUT2D eigenvalue weighted by molar-refractivity contribution is 6.21. The van der Waals surface area contributed by atoms with E-state index < -0.39 is 0 Å². The Bertz CT molecular complexity index is 301. The smallest absolute Gasteiger partial charge is 0.139 e. The Labute approximate surface area is 76.2 Å². The summed E-state index contributed by atoms with van der Waals surface area (Å²) < 4.78 is 0. The Morgan fingerprint density at radius 3 is 3.08 bits per heavy atom. The summed E-state index contributed by atoms with van der Waals surface area (Å²) in [4.78, 5) is 0. The minimum atomic E-state index is 0.0355. The van der Waals surface area contributed by atoms with Crippen LogP contribution in [0.25, 0.3) is 0 Å². The lowest BCUT2D eigenvalue weighted by atomic mass is 10.0. The molecule has 1 atom stereocenters. The van der Waals surface area contributed by atoms with Crippen molar-refractivity contribution in [2.45, 2.75) is 11.8 Å². The topological polar surface area (TPSA) is 32.3 Å². The highest BCUT2D eigenvalue weighted by atomic mass is 35.5. The van der Waals surface area contributed by atoms with E-state index >= 15 is 0 Å². The van der Waals surface area contributed by atoms with E-state index in [0.717, 1.165) is 24.2 Å². The zero-order valence-electron chi connectivity index (χ0n) is 6.55. The summed E-state index contributed by atoms with van der Waals surface area (Å²) in [7, 11) is 0. The Morgan fingerprint density at radius 2 is 2.33 bits per heavy atom. The predicted octanol–water partition coefficient (Wildman–Crippen LogP) is 2.49. The average molecular weight is 184 g/mol. The molecule has 0 saturated carbocycles. The van der Waals surface area contributed by atoms with Gasteiger partial charge in [-0.15, -0.1) is 11.6 Å². The van der Waals surface area contributed by atoms with Crippen LogP contribution in [0.1, 0.15) is 17.4 Å². The van der Waals surface area contributed by atoms with Gasteiger partial charge in [-0.1, -0.05) is 12.1 Å². The second-order valence-corrected chi connectivity index (χ2v) is 3.45. The molecule has 0 amide bonds. The number of aromatic hydroxyl groups is 1. The third kappa shape index (κ3) is 1.12. The molecule has 1 aliphatic heterocycles. The summed E-state index contributed by atoms with van der Waals surface area (Å²) in [6, 6.07) is 5.43. The Morgan fingerprint density at radius 1 is 1.50 bits per heavy atom. The number of alkyl halides is 1. The van der Waals surface area contributed by atoms with Gasteiger partial charge in [0.1, 0.15) is 5.75 Å². The molecule has 0 spiro atoms. The Kier molecular flexibility index (Phi) is 1.85. The molecular weight excluding hydrogens is 174 g/mol. The molecule has 1 aromatic rings. The van der Waals surface area contributed by atoms with E-state index in [1.807, 2.05) is 12.1 Å². The maximum atomic E-state index is 9.45. The second-order valence-electron chi connectivity index (χ2n) is 2.92. The van der Waals surface area contributed by atoms with Crippen molar-refractivity contribution in [3.05, 3.63) is 23.8 Å². The van der Waals surface area contributed by atoms with Gasteiger partial charge in [0.25, 0.3) is 0 Å². The number of benzene rings is 1. The second kappa shape index (κ2) is 2.87. The van der Waals surface area contributed by atoms with Gasteiger partial charge in [-0.2, -0.15) is 0 Å². The first kappa shape index (κ1) is 7.74. The van der Waals surface area contributed by atoms with Crippen LogP contribution >= 0.6 is 11.6 Å². The molecule has 0 bridgehead atoms. The molecule has 2 nitrogen and oxygen atoms in total. The lowest BCUT2D eigenvalue weighted by molar-refractivity contribution is 0.475. The standard InChI is InChI=1S/C9H10ClNO/c10-7-4-5-11-9-6(7)2-1-3-8(9)12/h1-3,7,11-12H,4-5H2. The van der Waals surface area contributed by atoms with Gasteiger partial charge in [-0.05, 0) is 18.1 Å². The maximum absolute atomic E-state index is 9.45. The minimum Gasteiger partial charge on any atom is -0.506 e. The van der Waals surface area contributed by atoms with Gasteiger partial charge in [0.05, 0.1) is 11.1 Å². The normalized spacial score (nSPS) is 21.2. The van der Waals surface area contributed by atoms with Crippen molar-refractivity contribution in [3.8, 4) is 5.75 Å². The number of halogens is 1. The van der Waals surface area contributed by atoms with E-state index in [1.165, 1.54) is 0 Å². The van der Waals surface area contributed by atoms with Crippen LogP contribution in [0.2, 0.25) is 0 Å².